The summed E-state index contributed by atoms with van der Waals surface area (Å²) in [5.41, 5.74) is 2.40. The molecule has 1 aliphatic rings. The average Bonchev–Trinajstić information content (AvgIpc) is 3.14. The lowest BCUT2D eigenvalue weighted by Gasteiger charge is -2.19. The van der Waals surface area contributed by atoms with Gasteiger partial charge in [-0.3, -0.25) is 14.9 Å². The lowest BCUT2D eigenvalue weighted by Crippen LogP contribution is -2.33. The number of nitrogens with zero attached hydrogens (tertiary/aromatic N) is 4. The van der Waals surface area contributed by atoms with Crippen LogP contribution in [0.4, 0.5) is 22.2 Å². The molecular weight excluding hydrogens is 434 g/mol. The number of nitrogens with one attached hydrogen (secondary N) is 1. The van der Waals surface area contributed by atoms with Gasteiger partial charge in [0.05, 0.1) is 19.3 Å². The van der Waals surface area contributed by atoms with Gasteiger partial charge in [0.2, 0.25) is 11.2 Å². The van der Waals surface area contributed by atoms with Gasteiger partial charge in [-0.2, -0.15) is 4.98 Å². The van der Waals surface area contributed by atoms with E-state index in [0.29, 0.717) is 18.1 Å². The van der Waals surface area contributed by atoms with Crippen LogP contribution < -0.4 is 15.3 Å². The number of anilines is 3. The van der Waals surface area contributed by atoms with E-state index in [2.05, 4.69) is 15.3 Å². The van der Waals surface area contributed by atoms with E-state index in [-0.39, 0.29) is 25.8 Å². The van der Waals surface area contributed by atoms with Gasteiger partial charge in [-0.05, 0) is 22.7 Å². The molecule has 0 bridgehead atoms. The summed E-state index contributed by atoms with van der Waals surface area (Å²) in [4.78, 5) is 39.7. The highest BCUT2D eigenvalue weighted by molar-refractivity contribution is 6.64. The fourth-order valence-electron chi connectivity index (χ4n) is 3.10. The molecule has 0 saturated carbocycles. The van der Waals surface area contributed by atoms with E-state index < -0.39 is 11.3 Å². The van der Waals surface area contributed by atoms with Crippen molar-refractivity contribution in [2.75, 3.05) is 28.5 Å². The number of hydroxylamine groups is 1. The lowest BCUT2D eigenvalue weighted by molar-refractivity contribution is -0.110. The molecule has 0 fully saturated rings. The van der Waals surface area contributed by atoms with Crippen LogP contribution >= 0.6 is 11.6 Å². The second-order valence-electron chi connectivity index (χ2n) is 6.92. The number of hydrogen-bond acceptors (Lipinski definition) is 8. The summed E-state index contributed by atoms with van der Waals surface area (Å²) in [5, 5.41) is 3.54. The maximum Gasteiger partial charge on any atom is 0.414 e. The zero-order valence-electron chi connectivity index (χ0n) is 17.0. The van der Waals surface area contributed by atoms with Gasteiger partial charge in [-0.1, -0.05) is 60.7 Å². The standard InChI is InChI=1S/C22H20ClN5O4/c23-19(29)12-27-15-28(32-14-17-9-5-2-6-10-17)18-11-24-21(25-20(18)27)26-22(30)31-13-16-7-3-1-4-8-16/h1-11H,12-15H2,(H,24,25,26,30). The highest BCUT2D eigenvalue weighted by Gasteiger charge is 2.30. The molecule has 2 aromatic carbocycles. The number of rotatable bonds is 8. The third-order valence-electron chi connectivity index (χ3n) is 4.59. The fraction of sp³-hybridized carbons (Fsp3) is 0.182. The van der Waals surface area contributed by atoms with Crippen LogP contribution in [0.3, 0.4) is 0 Å². The van der Waals surface area contributed by atoms with E-state index in [1.165, 1.54) is 6.20 Å². The second-order valence-corrected chi connectivity index (χ2v) is 7.34. The lowest BCUT2D eigenvalue weighted by atomic mass is 10.2. The first kappa shape index (κ1) is 21.5. The maximum absolute atomic E-state index is 12.1. The Balaban J connectivity index is 1.43. The minimum Gasteiger partial charge on any atom is -0.444 e. The van der Waals surface area contributed by atoms with Crippen molar-refractivity contribution >= 4 is 40.4 Å². The number of carbonyl (C=O) groups excluding carboxylic acids is 2. The van der Waals surface area contributed by atoms with E-state index in [0.717, 1.165) is 11.1 Å². The second kappa shape index (κ2) is 10.1. The van der Waals surface area contributed by atoms with Crippen LogP contribution in [0.1, 0.15) is 11.1 Å². The molecule has 3 aromatic rings. The molecule has 32 heavy (non-hydrogen) atoms. The maximum atomic E-state index is 12.1. The van der Waals surface area contributed by atoms with Crippen LogP contribution in [0.2, 0.25) is 0 Å². The first-order valence-corrected chi connectivity index (χ1v) is 10.2. The zero-order chi connectivity index (χ0) is 22.3. The minimum absolute atomic E-state index is 0.0405. The number of aromatic nitrogens is 2. The van der Waals surface area contributed by atoms with Crippen molar-refractivity contribution in [1.29, 1.82) is 0 Å². The molecule has 164 valence electrons. The highest BCUT2D eigenvalue weighted by atomic mass is 35.5. The number of halogens is 1. The molecule has 4 rings (SSSR count). The number of ether oxygens (including phenoxy) is 1. The molecule has 0 spiro atoms. The molecule has 1 N–H and O–H groups in total. The van der Waals surface area contributed by atoms with Crippen molar-refractivity contribution in [3.05, 3.63) is 78.0 Å². The zero-order valence-corrected chi connectivity index (χ0v) is 17.7. The number of fused-ring (bicyclic) bond motifs is 1. The molecule has 0 radical (unpaired) electrons. The van der Waals surface area contributed by atoms with Gasteiger partial charge in [0.1, 0.15) is 19.0 Å². The normalized spacial score (nSPS) is 12.4. The van der Waals surface area contributed by atoms with Crippen molar-refractivity contribution in [1.82, 2.24) is 9.97 Å². The molecule has 1 aromatic heterocycles. The van der Waals surface area contributed by atoms with E-state index in [9.17, 15) is 9.59 Å². The predicted molar refractivity (Wildman–Crippen MR) is 119 cm³/mol. The quantitative estimate of drug-likeness (QED) is 0.515. The fourth-order valence-corrected chi connectivity index (χ4v) is 3.24. The van der Waals surface area contributed by atoms with E-state index >= 15 is 0 Å². The number of amides is 1. The summed E-state index contributed by atoms with van der Waals surface area (Å²) in [6.07, 6.45) is 0.822. The van der Waals surface area contributed by atoms with Gasteiger partial charge >= 0.3 is 6.09 Å². The van der Waals surface area contributed by atoms with Crippen molar-refractivity contribution in [2.24, 2.45) is 0 Å². The number of hydrogen-bond donors (Lipinski definition) is 1. The van der Waals surface area contributed by atoms with Crippen molar-refractivity contribution in [3.63, 3.8) is 0 Å². The molecule has 9 nitrogen and oxygen atoms in total. The first-order valence-electron chi connectivity index (χ1n) is 9.81. The molecule has 0 unspecified atom stereocenters. The van der Waals surface area contributed by atoms with Crippen LogP contribution in [0.15, 0.2) is 66.9 Å². The first-order chi connectivity index (χ1) is 15.6. The van der Waals surface area contributed by atoms with Crippen LogP contribution in [0.5, 0.6) is 0 Å². The molecule has 1 amide bonds. The Kier molecular flexibility index (Phi) is 6.78. The number of carbonyl (C=O) groups is 2. The SMILES string of the molecule is O=C(Cl)CN1CN(OCc2ccccc2)c2cnc(NC(=O)OCc3ccccc3)nc21. The third kappa shape index (κ3) is 5.51. The van der Waals surface area contributed by atoms with Crippen molar-refractivity contribution in [3.8, 4) is 0 Å². The third-order valence-corrected chi connectivity index (χ3v) is 4.71. The molecule has 2 heterocycles. The van der Waals surface area contributed by atoms with E-state index in [1.807, 2.05) is 60.7 Å². The van der Waals surface area contributed by atoms with Gasteiger partial charge in [0.15, 0.2) is 5.82 Å². The summed E-state index contributed by atoms with van der Waals surface area (Å²) < 4.78 is 5.20. The highest BCUT2D eigenvalue weighted by Crippen LogP contribution is 2.34. The van der Waals surface area contributed by atoms with Gasteiger partial charge in [0.25, 0.3) is 0 Å². The Morgan fingerprint density at radius 1 is 1.00 bits per heavy atom. The summed E-state index contributed by atoms with van der Waals surface area (Å²) in [7, 11) is 0. The Labute approximate surface area is 189 Å². The van der Waals surface area contributed by atoms with Crippen LogP contribution in [-0.4, -0.2) is 34.5 Å². The summed E-state index contributed by atoms with van der Waals surface area (Å²) in [6.45, 7) is 0.603. The van der Waals surface area contributed by atoms with Crippen molar-refractivity contribution < 1.29 is 19.2 Å². The Hall–Kier alpha value is -3.69. The Morgan fingerprint density at radius 2 is 1.66 bits per heavy atom. The smallest absolute Gasteiger partial charge is 0.414 e. The van der Waals surface area contributed by atoms with Gasteiger partial charge < -0.3 is 9.64 Å². The topological polar surface area (TPSA) is 96.9 Å². The van der Waals surface area contributed by atoms with Crippen molar-refractivity contribution in [2.45, 2.75) is 13.2 Å². The van der Waals surface area contributed by atoms with Gasteiger partial charge in [-0.25, -0.2) is 14.8 Å². The molecule has 0 aliphatic carbocycles. The van der Waals surface area contributed by atoms with Crippen LogP contribution in [-0.2, 0) is 27.6 Å². The van der Waals surface area contributed by atoms with E-state index in [4.69, 9.17) is 21.2 Å². The average molecular weight is 454 g/mol. The molecule has 0 saturated heterocycles. The Bertz CT molecular complexity index is 1080. The van der Waals surface area contributed by atoms with Gasteiger partial charge in [0, 0.05) is 0 Å². The molecular formula is C22H20ClN5O4. The van der Waals surface area contributed by atoms with E-state index in [1.54, 1.807) is 9.96 Å². The van der Waals surface area contributed by atoms with Crippen LogP contribution in [0, 0.1) is 0 Å². The largest absolute Gasteiger partial charge is 0.444 e. The Morgan fingerprint density at radius 3 is 2.31 bits per heavy atom. The molecule has 0 atom stereocenters. The minimum atomic E-state index is -0.691. The predicted octanol–water partition coefficient (Wildman–Crippen LogP) is 3.71. The monoisotopic (exact) mass is 453 g/mol. The summed E-state index contributed by atoms with van der Waals surface area (Å²) in [5.74, 6) is 0.458. The van der Waals surface area contributed by atoms with Gasteiger partial charge in [-0.15, -0.1) is 0 Å². The summed E-state index contributed by atoms with van der Waals surface area (Å²) >= 11 is 5.60. The molecule has 10 heteroatoms. The van der Waals surface area contributed by atoms with Crippen LogP contribution in [0.25, 0.3) is 0 Å². The number of benzene rings is 2. The summed E-state index contributed by atoms with van der Waals surface area (Å²) in [6, 6.07) is 19.0. The molecule has 1 aliphatic heterocycles.